The zero-order valence-corrected chi connectivity index (χ0v) is 16.6. The SMILES string of the molecule is CC(=O)N1CCC[C@@H](c2ncc3c(n2)CCN(C(=O)Cc2ccccc2F)C3)C1. The highest BCUT2D eigenvalue weighted by atomic mass is 19.1. The van der Waals surface area contributed by atoms with Crippen LogP contribution in [0.25, 0.3) is 0 Å². The first-order chi connectivity index (χ1) is 14.0. The maximum absolute atomic E-state index is 13.8. The van der Waals surface area contributed by atoms with Gasteiger partial charge in [0.15, 0.2) is 0 Å². The lowest BCUT2D eigenvalue weighted by Crippen LogP contribution is -2.39. The van der Waals surface area contributed by atoms with Gasteiger partial charge in [-0.25, -0.2) is 14.4 Å². The summed E-state index contributed by atoms with van der Waals surface area (Å²) in [7, 11) is 0. The Labute approximate surface area is 169 Å². The van der Waals surface area contributed by atoms with Crippen molar-refractivity contribution in [1.82, 2.24) is 19.8 Å². The monoisotopic (exact) mass is 396 g/mol. The van der Waals surface area contributed by atoms with Gasteiger partial charge in [0.25, 0.3) is 0 Å². The summed E-state index contributed by atoms with van der Waals surface area (Å²) in [4.78, 5) is 37.2. The fraction of sp³-hybridized carbons (Fsp3) is 0.455. The minimum Gasteiger partial charge on any atom is -0.342 e. The number of likely N-dealkylation sites (tertiary alicyclic amines) is 1. The van der Waals surface area contributed by atoms with Crippen LogP contribution in [-0.4, -0.2) is 51.2 Å². The van der Waals surface area contributed by atoms with E-state index in [9.17, 15) is 14.0 Å². The van der Waals surface area contributed by atoms with Crippen LogP contribution in [0.4, 0.5) is 4.39 Å². The van der Waals surface area contributed by atoms with E-state index in [0.29, 0.717) is 31.6 Å². The minimum atomic E-state index is -0.349. The van der Waals surface area contributed by atoms with Crippen LogP contribution in [0.1, 0.15) is 48.3 Å². The van der Waals surface area contributed by atoms with Gasteiger partial charge in [-0.2, -0.15) is 0 Å². The van der Waals surface area contributed by atoms with Gasteiger partial charge in [0, 0.05) is 57.2 Å². The number of halogens is 1. The molecule has 4 rings (SSSR count). The maximum Gasteiger partial charge on any atom is 0.227 e. The lowest BCUT2D eigenvalue weighted by atomic mass is 9.96. The highest BCUT2D eigenvalue weighted by Gasteiger charge is 2.27. The Bertz CT molecular complexity index is 933. The van der Waals surface area contributed by atoms with Gasteiger partial charge in [0.1, 0.15) is 11.6 Å². The zero-order valence-electron chi connectivity index (χ0n) is 16.6. The molecule has 1 saturated heterocycles. The van der Waals surface area contributed by atoms with Gasteiger partial charge in [-0.05, 0) is 24.5 Å². The predicted octanol–water partition coefficient (Wildman–Crippen LogP) is 2.47. The van der Waals surface area contributed by atoms with Crippen molar-refractivity contribution in [3.05, 3.63) is 58.9 Å². The third-order valence-corrected chi connectivity index (χ3v) is 5.84. The van der Waals surface area contributed by atoms with Gasteiger partial charge in [-0.3, -0.25) is 9.59 Å². The molecular weight excluding hydrogens is 371 g/mol. The third-order valence-electron chi connectivity index (χ3n) is 5.84. The number of carbonyl (C=O) groups excluding carboxylic acids is 2. The van der Waals surface area contributed by atoms with E-state index in [1.165, 1.54) is 6.07 Å². The molecule has 0 aliphatic carbocycles. The zero-order chi connectivity index (χ0) is 20.4. The van der Waals surface area contributed by atoms with E-state index in [1.807, 2.05) is 11.1 Å². The minimum absolute atomic E-state index is 0.0594. The fourth-order valence-electron chi connectivity index (χ4n) is 4.13. The van der Waals surface area contributed by atoms with Crippen molar-refractivity contribution in [2.45, 2.75) is 45.1 Å². The summed E-state index contributed by atoms with van der Waals surface area (Å²) >= 11 is 0. The van der Waals surface area contributed by atoms with Crippen molar-refractivity contribution < 1.29 is 14.0 Å². The van der Waals surface area contributed by atoms with Gasteiger partial charge < -0.3 is 9.80 Å². The Balaban J connectivity index is 1.43. The Morgan fingerprint density at radius 1 is 1.21 bits per heavy atom. The number of aromatic nitrogens is 2. The van der Waals surface area contributed by atoms with Crippen LogP contribution in [0.3, 0.4) is 0 Å². The number of rotatable bonds is 3. The van der Waals surface area contributed by atoms with Crippen molar-refractivity contribution in [2.75, 3.05) is 19.6 Å². The summed E-state index contributed by atoms with van der Waals surface area (Å²) in [5.41, 5.74) is 2.34. The maximum atomic E-state index is 13.8. The van der Waals surface area contributed by atoms with E-state index in [-0.39, 0.29) is 30.0 Å². The van der Waals surface area contributed by atoms with E-state index in [2.05, 4.69) is 4.98 Å². The molecule has 1 atom stereocenters. The molecule has 2 aliphatic rings. The number of benzene rings is 1. The summed E-state index contributed by atoms with van der Waals surface area (Å²) in [5, 5.41) is 0. The average Bonchev–Trinajstić information content (AvgIpc) is 2.74. The van der Waals surface area contributed by atoms with Crippen LogP contribution >= 0.6 is 0 Å². The molecule has 1 fully saturated rings. The first-order valence-electron chi connectivity index (χ1n) is 10.1. The molecule has 29 heavy (non-hydrogen) atoms. The molecule has 6 nitrogen and oxygen atoms in total. The van der Waals surface area contributed by atoms with Gasteiger partial charge in [-0.15, -0.1) is 0 Å². The van der Waals surface area contributed by atoms with Gasteiger partial charge in [0.2, 0.25) is 11.8 Å². The number of nitrogens with zero attached hydrogens (tertiary/aromatic N) is 4. The molecule has 7 heteroatoms. The molecular formula is C22H25FN4O2. The van der Waals surface area contributed by atoms with Crippen LogP contribution in [0.15, 0.2) is 30.5 Å². The molecule has 0 N–H and O–H groups in total. The highest BCUT2D eigenvalue weighted by Crippen LogP contribution is 2.26. The summed E-state index contributed by atoms with van der Waals surface area (Å²) in [6, 6.07) is 6.39. The molecule has 0 bridgehead atoms. The van der Waals surface area contributed by atoms with Crippen molar-refractivity contribution in [3.8, 4) is 0 Å². The van der Waals surface area contributed by atoms with E-state index in [4.69, 9.17) is 4.98 Å². The van der Waals surface area contributed by atoms with Crippen LogP contribution in [0.5, 0.6) is 0 Å². The Morgan fingerprint density at radius 2 is 2.03 bits per heavy atom. The summed E-state index contributed by atoms with van der Waals surface area (Å²) in [5.74, 6) is 0.615. The molecule has 2 aromatic rings. The van der Waals surface area contributed by atoms with Gasteiger partial charge in [0.05, 0.1) is 12.1 Å². The molecule has 3 heterocycles. The van der Waals surface area contributed by atoms with Gasteiger partial charge in [-0.1, -0.05) is 18.2 Å². The largest absolute Gasteiger partial charge is 0.342 e. The normalized spacial score (nSPS) is 19.0. The predicted molar refractivity (Wildman–Crippen MR) is 105 cm³/mol. The van der Waals surface area contributed by atoms with E-state index < -0.39 is 0 Å². The van der Waals surface area contributed by atoms with Crippen LogP contribution in [-0.2, 0) is 29.0 Å². The van der Waals surface area contributed by atoms with Crippen molar-refractivity contribution >= 4 is 11.8 Å². The first-order valence-corrected chi connectivity index (χ1v) is 10.1. The standard InChI is InChI=1S/C22H25FN4O2/c1-15(28)26-9-4-6-17(13-26)22-24-12-18-14-27(10-8-20(18)25-22)21(29)11-16-5-2-3-7-19(16)23/h2-3,5,7,12,17H,4,6,8-11,13-14H2,1H3/t17-/m1/s1. The smallest absolute Gasteiger partial charge is 0.227 e. The molecule has 0 saturated carbocycles. The van der Waals surface area contributed by atoms with Crippen molar-refractivity contribution in [1.29, 1.82) is 0 Å². The summed E-state index contributed by atoms with van der Waals surface area (Å²) in [6.45, 7) is 4.09. The highest BCUT2D eigenvalue weighted by molar-refractivity contribution is 5.79. The molecule has 1 aromatic heterocycles. The molecule has 0 spiro atoms. The van der Waals surface area contributed by atoms with Crippen LogP contribution in [0, 0.1) is 5.82 Å². The third kappa shape index (κ3) is 4.28. The topological polar surface area (TPSA) is 66.4 Å². The van der Waals surface area contributed by atoms with E-state index in [0.717, 1.165) is 36.5 Å². The average molecular weight is 396 g/mol. The summed E-state index contributed by atoms with van der Waals surface area (Å²) in [6.07, 6.45) is 4.48. The molecule has 2 aliphatic heterocycles. The second-order valence-corrected chi connectivity index (χ2v) is 7.84. The number of amides is 2. The lowest BCUT2D eigenvalue weighted by Gasteiger charge is -2.32. The molecule has 2 amide bonds. The van der Waals surface area contributed by atoms with Crippen LogP contribution < -0.4 is 0 Å². The fourth-order valence-corrected chi connectivity index (χ4v) is 4.13. The second-order valence-electron chi connectivity index (χ2n) is 7.84. The molecule has 0 unspecified atom stereocenters. The molecule has 0 radical (unpaired) electrons. The van der Waals surface area contributed by atoms with E-state index >= 15 is 0 Å². The molecule has 152 valence electrons. The Morgan fingerprint density at radius 3 is 2.83 bits per heavy atom. The number of hydrogen-bond acceptors (Lipinski definition) is 4. The van der Waals surface area contributed by atoms with Crippen LogP contribution in [0.2, 0.25) is 0 Å². The number of fused-ring (bicyclic) bond motifs is 1. The summed E-state index contributed by atoms with van der Waals surface area (Å²) < 4.78 is 13.8. The van der Waals surface area contributed by atoms with Gasteiger partial charge >= 0.3 is 0 Å². The Hall–Kier alpha value is -2.83. The number of piperidine rings is 1. The second kappa shape index (κ2) is 8.27. The number of hydrogen-bond donors (Lipinski definition) is 0. The first kappa shape index (κ1) is 19.5. The number of carbonyl (C=O) groups is 2. The lowest BCUT2D eigenvalue weighted by molar-refractivity contribution is -0.131. The van der Waals surface area contributed by atoms with Crippen molar-refractivity contribution in [3.63, 3.8) is 0 Å². The molecule has 1 aromatic carbocycles. The van der Waals surface area contributed by atoms with Crippen molar-refractivity contribution in [2.24, 2.45) is 0 Å². The van der Waals surface area contributed by atoms with E-state index in [1.54, 1.807) is 30.0 Å². The quantitative estimate of drug-likeness (QED) is 0.800. The Kier molecular flexibility index (Phi) is 5.56.